The zero-order valence-electron chi connectivity index (χ0n) is 48.5. The van der Waals surface area contributed by atoms with Crippen molar-refractivity contribution in [2.45, 2.75) is 186 Å². The number of phosphoric acid groups is 3. The number of imidazole rings is 1. The molecule has 1 aliphatic heterocycles. The van der Waals surface area contributed by atoms with Crippen molar-refractivity contribution in [3.63, 3.8) is 0 Å². The minimum atomic E-state index is -5.60. The highest BCUT2D eigenvalue weighted by Crippen LogP contribution is 2.61. The molecule has 474 valence electrons. The van der Waals surface area contributed by atoms with E-state index in [2.05, 4.69) is 114 Å². The highest BCUT2D eigenvalue weighted by molar-refractivity contribution is 8.13. The number of aliphatic hydroxyl groups excluding tert-OH is 3. The number of allylic oxidation sites excluding steroid dienone is 12. The summed E-state index contributed by atoms with van der Waals surface area (Å²) in [5.74, 6) is -1.23. The van der Waals surface area contributed by atoms with Crippen LogP contribution in [0.1, 0.15) is 155 Å². The number of nitrogens with one attached hydrogen (secondary N) is 2. The largest absolute Gasteiger partial charge is 0.481 e. The number of hydrogen-bond acceptors (Lipinski definition) is 19. The molecule has 2 aromatic rings. The van der Waals surface area contributed by atoms with Crippen molar-refractivity contribution in [1.82, 2.24) is 30.2 Å². The molecule has 11 N–H and O–H groups in total. The first-order chi connectivity index (χ1) is 39.9. The van der Waals surface area contributed by atoms with E-state index in [4.69, 9.17) is 19.5 Å². The fourth-order valence-corrected chi connectivity index (χ4v) is 11.9. The number of nitrogens with two attached hydrogens (primary N) is 1. The molecule has 1 saturated heterocycles. The maximum atomic E-state index is 12.8. The zero-order chi connectivity index (χ0) is 61.9. The monoisotopic (exact) mass is 1260 g/mol. The molecule has 2 unspecified atom stereocenters. The van der Waals surface area contributed by atoms with Crippen molar-refractivity contribution in [2.24, 2.45) is 5.41 Å². The molecular weight excluding hydrogens is 1170 g/mol. The number of unbranched alkanes of at least 4 members (excludes halogenated alkanes) is 10. The van der Waals surface area contributed by atoms with Crippen LogP contribution < -0.4 is 16.4 Å². The van der Waals surface area contributed by atoms with Gasteiger partial charge in [0.2, 0.25) is 11.8 Å². The van der Waals surface area contributed by atoms with E-state index in [-0.39, 0.29) is 53.8 Å². The summed E-state index contributed by atoms with van der Waals surface area (Å²) in [4.78, 5) is 88.8. The van der Waals surface area contributed by atoms with E-state index < -0.39 is 90.7 Å². The van der Waals surface area contributed by atoms with E-state index in [1.54, 1.807) is 0 Å². The molecule has 0 aromatic carbocycles. The summed E-state index contributed by atoms with van der Waals surface area (Å²) in [7, 11) is -16.5. The molecule has 25 nitrogen and oxygen atoms in total. The Morgan fingerprint density at radius 2 is 1.31 bits per heavy atom. The number of amides is 2. The highest BCUT2D eigenvalue weighted by Gasteiger charge is 2.50. The van der Waals surface area contributed by atoms with Gasteiger partial charge in [-0.15, -0.1) is 0 Å². The van der Waals surface area contributed by atoms with Crippen LogP contribution in [-0.4, -0.2) is 134 Å². The third-order valence-corrected chi connectivity index (χ3v) is 16.9. The summed E-state index contributed by atoms with van der Waals surface area (Å²) >= 11 is 0.998. The van der Waals surface area contributed by atoms with Gasteiger partial charge in [-0.1, -0.05) is 163 Å². The van der Waals surface area contributed by atoms with Gasteiger partial charge in [-0.05, 0) is 57.8 Å². The van der Waals surface area contributed by atoms with Crippen LogP contribution in [0.2, 0.25) is 0 Å². The predicted molar refractivity (Wildman–Crippen MR) is 321 cm³/mol. The topological polar surface area (TPSA) is 384 Å². The lowest BCUT2D eigenvalue weighted by Gasteiger charge is -2.30. The molecule has 1 aliphatic rings. The van der Waals surface area contributed by atoms with Crippen molar-refractivity contribution < 1.29 is 85.6 Å². The molecule has 2 amide bonds. The van der Waals surface area contributed by atoms with Crippen molar-refractivity contribution in [1.29, 1.82) is 0 Å². The van der Waals surface area contributed by atoms with E-state index in [0.717, 1.165) is 99.6 Å². The van der Waals surface area contributed by atoms with Gasteiger partial charge in [0.25, 0.3) is 0 Å². The minimum absolute atomic E-state index is 0.0145. The normalized spacial score (nSPS) is 19.4. The standard InChI is InChI=1S/C55H90N7O18P3S/c1-4-5-6-7-8-9-10-11-12-13-14-15-16-17-18-19-20-21-22-23-24-25-26-27-28-29-30-31-32-33-43(63)38-46(65)84-37-36-57-45(64)34-35-58-53(68)50(67)55(2,3)40-77-83(74,75)80-82(72,73)76-39-44-49(79-81(69,70)71)48(66)54(78-44)62-42-61-47-51(56)59-41-60-52(47)62/h5-6,8-9,11-12,14-15,17-18,20-21,41-44,48-50,54,63,66-67H,4,7,10,13,16,19,22-40H2,1-3H3,(H,57,64)(H,58,68)(H,72,73)(H,74,75)(H2,56,59,60)(H2,69,70,71)/b6-5-,9-8-,12-11-,15-14-,18-17-,21-20-/t43-,44-,48-,49-,50+,54-/m1/s1. The number of carbonyl (C=O) groups is 3. The van der Waals surface area contributed by atoms with Gasteiger partial charge in [0, 0.05) is 37.1 Å². The lowest BCUT2D eigenvalue weighted by Crippen LogP contribution is -2.46. The number of aromatic nitrogens is 4. The van der Waals surface area contributed by atoms with Gasteiger partial charge in [0.15, 0.2) is 22.8 Å². The van der Waals surface area contributed by atoms with Gasteiger partial charge in [-0.3, -0.25) is 32.5 Å². The van der Waals surface area contributed by atoms with Crippen LogP contribution in [0.4, 0.5) is 5.82 Å². The Hall–Kier alpha value is -4.04. The van der Waals surface area contributed by atoms with Crippen LogP contribution in [0.5, 0.6) is 0 Å². The molecule has 3 heterocycles. The molecule has 84 heavy (non-hydrogen) atoms. The van der Waals surface area contributed by atoms with Gasteiger partial charge in [-0.2, -0.15) is 4.31 Å². The molecule has 1 fully saturated rings. The van der Waals surface area contributed by atoms with E-state index >= 15 is 0 Å². The van der Waals surface area contributed by atoms with Gasteiger partial charge >= 0.3 is 23.5 Å². The maximum absolute atomic E-state index is 12.8. The second-order valence-electron chi connectivity index (χ2n) is 20.7. The number of anilines is 1. The summed E-state index contributed by atoms with van der Waals surface area (Å²) in [6.45, 7) is 2.53. The smallest absolute Gasteiger partial charge is 0.393 e. The predicted octanol–water partition coefficient (Wildman–Crippen LogP) is 8.79. The molecule has 3 rings (SSSR count). The number of ether oxygens (including phenoxy) is 1. The summed E-state index contributed by atoms with van der Waals surface area (Å²) < 4.78 is 62.6. The van der Waals surface area contributed by atoms with E-state index in [0.29, 0.717) is 6.42 Å². The Bertz CT molecular complexity index is 2610. The van der Waals surface area contributed by atoms with Crippen LogP contribution in [0, 0.1) is 5.41 Å². The van der Waals surface area contributed by atoms with Crippen molar-refractivity contribution in [3.05, 3.63) is 85.6 Å². The highest BCUT2D eigenvalue weighted by atomic mass is 32.2. The Kier molecular flexibility index (Phi) is 35.7. The Morgan fingerprint density at radius 3 is 1.89 bits per heavy atom. The molecule has 2 aromatic heterocycles. The quantitative estimate of drug-likeness (QED) is 0.0168. The van der Waals surface area contributed by atoms with Gasteiger partial charge < -0.3 is 56.0 Å². The first kappa shape index (κ1) is 74.2. The molecule has 29 heteroatoms. The summed E-state index contributed by atoms with van der Waals surface area (Å²) in [5.41, 5.74) is 4.26. The lowest BCUT2D eigenvalue weighted by molar-refractivity contribution is -0.137. The number of hydrogen-bond donors (Lipinski definition) is 10. The Labute approximate surface area is 497 Å². The number of phosphoric ester groups is 3. The first-order valence-corrected chi connectivity index (χ1v) is 34.1. The van der Waals surface area contributed by atoms with Crippen LogP contribution >= 0.6 is 35.2 Å². The molecule has 0 spiro atoms. The number of rotatable bonds is 45. The molecule has 0 bridgehead atoms. The summed E-state index contributed by atoms with van der Waals surface area (Å²) in [6.07, 6.45) is 38.1. The van der Waals surface area contributed by atoms with Crippen LogP contribution in [-0.2, 0) is 50.7 Å². The number of nitrogens with zero attached hydrogens (tertiary/aromatic N) is 4. The van der Waals surface area contributed by atoms with E-state index in [1.165, 1.54) is 52.4 Å². The number of carbonyl (C=O) groups excluding carboxylic acids is 3. The van der Waals surface area contributed by atoms with Crippen molar-refractivity contribution in [3.8, 4) is 0 Å². The van der Waals surface area contributed by atoms with Gasteiger partial charge in [0.1, 0.15) is 36.3 Å². The van der Waals surface area contributed by atoms with Gasteiger partial charge in [-0.25, -0.2) is 28.6 Å². The number of nitrogen functional groups attached to an aromatic ring is 1. The fourth-order valence-electron chi connectivity index (χ4n) is 8.34. The Morgan fingerprint density at radius 1 is 0.762 bits per heavy atom. The second kappa shape index (κ2) is 40.4. The van der Waals surface area contributed by atoms with E-state index in [1.807, 2.05) is 0 Å². The van der Waals surface area contributed by atoms with Crippen molar-refractivity contribution >= 4 is 69.1 Å². The van der Waals surface area contributed by atoms with Crippen LogP contribution in [0.25, 0.3) is 11.2 Å². The van der Waals surface area contributed by atoms with Gasteiger partial charge in [0.05, 0.1) is 25.6 Å². The number of aliphatic hydroxyl groups is 3. The Balaban J connectivity index is 1.17. The average Bonchev–Trinajstić information content (AvgIpc) is 2.09. The van der Waals surface area contributed by atoms with Crippen molar-refractivity contribution in [2.75, 3.05) is 37.8 Å². The molecule has 8 atom stereocenters. The maximum Gasteiger partial charge on any atom is 0.481 e. The van der Waals surface area contributed by atoms with E-state index in [9.17, 15) is 63.0 Å². The number of thioether (sulfide) groups is 1. The second-order valence-corrected chi connectivity index (χ2v) is 26.1. The SMILES string of the molecule is CC/C=C\C/C=C\C/C=C\C/C=C\C/C=C\C/C=C\CCCCCCCCCCCC[C@@H](O)CC(=O)SCCNC(=O)CCNC(=O)[C@H](O)C(C)(C)COP(=O)(O)OP(=O)(O)OC[C@H]1O[C@@H](n2cnc3c(N)ncnc32)[C@H](O)[C@@H]1OP(=O)(O)O. The lowest BCUT2D eigenvalue weighted by atomic mass is 9.87. The average molecular weight is 1260 g/mol. The minimum Gasteiger partial charge on any atom is -0.393 e. The van der Waals surface area contributed by atoms with Crippen LogP contribution in [0.3, 0.4) is 0 Å². The number of fused-ring (bicyclic) bond motifs is 1. The molecular formula is C55H90N7O18P3S. The summed E-state index contributed by atoms with van der Waals surface area (Å²) in [6, 6.07) is 0. The third kappa shape index (κ3) is 31.6. The molecule has 0 aliphatic carbocycles. The first-order valence-electron chi connectivity index (χ1n) is 28.6. The van der Waals surface area contributed by atoms with Crippen LogP contribution in [0.15, 0.2) is 85.6 Å². The molecule has 0 saturated carbocycles. The zero-order valence-corrected chi connectivity index (χ0v) is 52.0. The summed E-state index contributed by atoms with van der Waals surface area (Å²) in [5, 5.41) is 36.8. The molecule has 0 radical (unpaired) electrons. The fraction of sp³-hybridized carbons (Fsp3) is 0.636. The third-order valence-electron chi connectivity index (χ3n) is 12.9.